The van der Waals surface area contributed by atoms with Gasteiger partial charge in [0, 0.05) is 5.69 Å². The minimum atomic E-state index is -4.80. The Balaban J connectivity index is 1.90. The molecule has 8 nitrogen and oxygen atoms in total. The molecule has 0 atom stereocenters. The first-order chi connectivity index (χ1) is 11.2. The first kappa shape index (κ1) is 17.3. The van der Waals surface area contributed by atoms with Crippen LogP contribution >= 0.6 is 11.3 Å². The number of ether oxygens (including phenoxy) is 2. The van der Waals surface area contributed by atoms with Crippen LogP contribution in [0.15, 0.2) is 30.5 Å². The highest BCUT2D eigenvalue weighted by Gasteiger charge is 2.30. The topological polar surface area (TPSA) is 110 Å². The second-order valence-electron chi connectivity index (χ2n) is 4.00. The first-order valence-corrected chi connectivity index (χ1v) is 6.83. The molecule has 2 amide bonds. The number of rotatable bonds is 4. The number of halogens is 3. The van der Waals surface area contributed by atoms with E-state index in [4.69, 9.17) is 5.11 Å². The summed E-state index contributed by atoms with van der Waals surface area (Å²) in [4.78, 5) is 25.8. The van der Waals surface area contributed by atoms with Gasteiger partial charge in [-0.2, -0.15) is 0 Å². The SMILES string of the molecule is O=C(Nc1ccc(OC(F)(F)F)cc1)Nc1ncc(OC(=O)O)s1. The molecule has 0 aliphatic carbocycles. The molecule has 0 bridgehead atoms. The average molecular weight is 363 g/mol. The molecule has 0 aliphatic rings. The summed E-state index contributed by atoms with van der Waals surface area (Å²) in [7, 11) is 0. The van der Waals surface area contributed by atoms with Crippen molar-refractivity contribution in [2.75, 3.05) is 10.6 Å². The van der Waals surface area contributed by atoms with Gasteiger partial charge in [-0.3, -0.25) is 5.32 Å². The molecule has 128 valence electrons. The summed E-state index contributed by atoms with van der Waals surface area (Å²) >= 11 is 0.778. The predicted molar refractivity (Wildman–Crippen MR) is 76.5 cm³/mol. The fraction of sp³-hybridized carbons (Fsp3) is 0.0833. The lowest BCUT2D eigenvalue weighted by molar-refractivity contribution is -0.274. The highest BCUT2D eigenvalue weighted by Crippen LogP contribution is 2.26. The van der Waals surface area contributed by atoms with E-state index in [0.29, 0.717) is 0 Å². The highest BCUT2D eigenvalue weighted by atomic mass is 32.1. The minimum absolute atomic E-state index is 0.0357. The molecule has 2 rings (SSSR count). The molecule has 0 saturated heterocycles. The second-order valence-corrected chi connectivity index (χ2v) is 5.00. The maximum absolute atomic E-state index is 12.0. The molecular formula is C12H8F3N3O5S. The van der Waals surface area contributed by atoms with Gasteiger partial charge >= 0.3 is 18.5 Å². The number of carbonyl (C=O) groups excluding carboxylic acids is 1. The number of carbonyl (C=O) groups is 2. The second kappa shape index (κ2) is 7.04. The number of benzene rings is 1. The molecule has 0 aliphatic heterocycles. The van der Waals surface area contributed by atoms with Gasteiger partial charge in [-0.25, -0.2) is 14.6 Å². The molecule has 0 spiro atoms. The third-order valence-electron chi connectivity index (χ3n) is 2.24. The number of amides is 2. The van der Waals surface area contributed by atoms with Crippen molar-refractivity contribution in [3.63, 3.8) is 0 Å². The molecule has 3 N–H and O–H groups in total. The van der Waals surface area contributed by atoms with E-state index >= 15 is 0 Å². The molecule has 24 heavy (non-hydrogen) atoms. The molecule has 1 aromatic heterocycles. The van der Waals surface area contributed by atoms with Crippen molar-refractivity contribution < 1.29 is 37.3 Å². The highest BCUT2D eigenvalue weighted by molar-refractivity contribution is 7.17. The Morgan fingerprint density at radius 3 is 2.42 bits per heavy atom. The summed E-state index contributed by atoms with van der Waals surface area (Å²) in [6, 6.07) is 3.76. The quantitative estimate of drug-likeness (QED) is 0.714. The number of aromatic nitrogens is 1. The average Bonchev–Trinajstić information content (AvgIpc) is 2.85. The van der Waals surface area contributed by atoms with E-state index in [1.54, 1.807) is 0 Å². The van der Waals surface area contributed by atoms with Gasteiger partial charge in [-0.05, 0) is 24.3 Å². The number of hydrogen-bond acceptors (Lipinski definition) is 6. The van der Waals surface area contributed by atoms with E-state index in [-0.39, 0.29) is 15.9 Å². The third-order valence-corrected chi connectivity index (χ3v) is 3.03. The zero-order chi connectivity index (χ0) is 17.7. The van der Waals surface area contributed by atoms with Crippen LogP contribution in [-0.4, -0.2) is 28.6 Å². The van der Waals surface area contributed by atoms with Crippen molar-refractivity contribution in [3.05, 3.63) is 30.5 Å². The zero-order valence-corrected chi connectivity index (χ0v) is 12.3. The minimum Gasteiger partial charge on any atom is -0.449 e. The summed E-state index contributed by atoms with van der Waals surface area (Å²) in [5.41, 5.74) is 0.209. The van der Waals surface area contributed by atoms with Crippen LogP contribution in [0.4, 0.5) is 33.6 Å². The Hall–Kier alpha value is -3.02. The van der Waals surface area contributed by atoms with Crippen LogP contribution in [0.1, 0.15) is 0 Å². The number of anilines is 2. The molecule has 0 saturated carbocycles. The van der Waals surface area contributed by atoms with Gasteiger partial charge in [0.25, 0.3) is 0 Å². The summed E-state index contributed by atoms with van der Waals surface area (Å²) in [5.74, 6) is -0.427. The molecule has 1 aromatic carbocycles. The molecule has 12 heteroatoms. The van der Waals surface area contributed by atoms with E-state index < -0.39 is 24.3 Å². The van der Waals surface area contributed by atoms with Crippen molar-refractivity contribution in [2.45, 2.75) is 6.36 Å². The summed E-state index contributed by atoms with van der Waals surface area (Å²) < 4.78 is 44.1. The van der Waals surface area contributed by atoms with E-state index in [2.05, 4.69) is 25.1 Å². The number of hydrogen-bond donors (Lipinski definition) is 3. The Bertz CT molecular complexity index is 732. The number of nitrogens with zero attached hydrogens (tertiary/aromatic N) is 1. The van der Waals surface area contributed by atoms with Gasteiger partial charge in [0.2, 0.25) is 5.06 Å². The molecule has 0 fully saturated rings. The normalized spacial score (nSPS) is 10.8. The van der Waals surface area contributed by atoms with Crippen molar-refractivity contribution in [3.8, 4) is 10.8 Å². The number of nitrogens with one attached hydrogen (secondary N) is 2. The van der Waals surface area contributed by atoms with Crippen LogP contribution < -0.4 is 20.1 Å². The van der Waals surface area contributed by atoms with E-state index in [0.717, 1.165) is 29.7 Å². The first-order valence-electron chi connectivity index (χ1n) is 6.02. The van der Waals surface area contributed by atoms with Crippen LogP contribution in [0.5, 0.6) is 10.8 Å². The number of thiazole rings is 1. The van der Waals surface area contributed by atoms with Gasteiger partial charge < -0.3 is 19.9 Å². The largest absolute Gasteiger partial charge is 0.573 e. The summed E-state index contributed by atoms with van der Waals surface area (Å²) in [6.45, 7) is 0. The lowest BCUT2D eigenvalue weighted by Gasteiger charge is -2.10. The van der Waals surface area contributed by atoms with Gasteiger partial charge in [0.1, 0.15) is 5.75 Å². The molecule has 1 heterocycles. The van der Waals surface area contributed by atoms with Crippen molar-refractivity contribution >= 4 is 34.3 Å². The third kappa shape index (κ3) is 5.64. The maximum Gasteiger partial charge on any atom is 0.573 e. The fourth-order valence-corrected chi connectivity index (χ4v) is 2.11. The smallest absolute Gasteiger partial charge is 0.449 e. The van der Waals surface area contributed by atoms with Crippen LogP contribution in [0, 0.1) is 0 Å². The predicted octanol–water partition coefficient (Wildman–Crippen LogP) is 3.74. The lowest BCUT2D eigenvalue weighted by atomic mass is 10.3. The molecule has 0 radical (unpaired) electrons. The summed E-state index contributed by atoms with van der Waals surface area (Å²) in [5, 5.41) is 13.1. The Morgan fingerprint density at radius 2 is 1.83 bits per heavy atom. The van der Waals surface area contributed by atoms with E-state index in [9.17, 15) is 22.8 Å². The standard InChI is InChI=1S/C12H8F3N3O5S/c13-12(14,15)23-7-3-1-6(2-4-7)17-9(19)18-10-16-5-8(24-10)22-11(20)21/h1-5H,(H,20,21)(H2,16,17,18,19). The van der Waals surface area contributed by atoms with Crippen LogP contribution in [-0.2, 0) is 0 Å². The fourth-order valence-electron chi connectivity index (χ4n) is 1.45. The Labute approximate surface area is 135 Å². The van der Waals surface area contributed by atoms with Gasteiger partial charge in [-0.15, -0.1) is 13.2 Å². The number of urea groups is 1. The van der Waals surface area contributed by atoms with Gasteiger partial charge in [-0.1, -0.05) is 11.3 Å². The zero-order valence-electron chi connectivity index (χ0n) is 11.5. The van der Waals surface area contributed by atoms with Crippen molar-refractivity contribution in [1.82, 2.24) is 4.98 Å². The number of carboxylic acid groups (broad SMARTS) is 1. The monoisotopic (exact) mass is 363 g/mol. The van der Waals surface area contributed by atoms with E-state index in [1.807, 2.05) is 0 Å². The maximum atomic E-state index is 12.0. The Morgan fingerprint density at radius 1 is 1.17 bits per heavy atom. The van der Waals surface area contributed by atoms with Crippen molar-refractivity contribution in [1.29, 1.82) is 0 Å². The Kier molecular flexibility index (Phi) is 5.08. The molecule has 2 aromatic rings. The number of alkyl halides is 3. The van der Waals surface area contributed by atoms with Gasteiger partial charge in [0.15, 0.2) is 5.13 Å². The summed E-state index contributed by atoms with van der Waals surface area (Å²) in [6.07, 6.45) is -5.21. The molecular weight excluding hydrogens is 355 g/mol. The van der Waals surface area contributed by atoms with Crippen molar-refractivity contribution in [2.24, 2.45) is 0 Å². The van der Waals surface area contributed by atoms with Crippen LogP contribution in [0.2, 0.25) is 0 Å². The van der Waals surface area contributed by atoms with Gasteiger partial charge in [0.05, 0.1) is 6.20 Å². The van der Waals surface area contributed by atoms with Crippen LogP contribution in [0.3, 0.4) is 0 Å². The molecule has 0 unspecified atom stereocenters. The van der Waals surface area contributed by atoms with E-state index in [1.165, 1.54) is 12.1 Å². The lowest BCUT2D eigenvalue weighted by Crippen LogP contribution is -2.19. The van der Waals surface area contributed by atoms with Crippen LogP contribution in [0.25, 0.3) is 0 Å².